The standard InChI is InChI=1S/C15H18ClN3OS/c16-13-8-4-3-7-12(13)14-17-18-15(21-10-9-20)19(14)11-5-1-2-6-11/h3-4,7-8,11,20H,1-2,5-6,9-10H2. The number of nitrogens with zero attached hydrogens (tertiary/aromatic N) is 3. The van der Waals surface area contributed by atoms with Crippen LogP contribution in [-0.4, -0.2) is 32.2 Å². The fourth-order valence-corrected chi connectivity index (χ4v) is 3.80. The summed E-state index contributed by atoms with van der Waals surface area (Å²) in [6.07, 6.45) is 4.80. The number of hydrogen-bond acceptors (Lipinski definition) is 4. The van der Waals surface area contributed by atoms with Crippen LogP contribution in [0.3, 0.4) is 0 Å². The Labute approximate surface area is 133 Å². The number of benzene rings is 1. The van der Waals surface area contributed by atoms with Crippen molar-refractivity contribution in [3.8, 4) is 11.4 Å². The molecule has 1 aromatic carbocycles. The number of halogens is 1. The topological polar surface area (TPSA) is 50.9 Å². The third kappa shape index (κ3) is 3.10. The summed E-state index contributed by atoms with van der Waals surface area (Å²) in [4.78, 5) is 0. The highest BCUT2D eigenvalue weighted by molar-refractivity contribution is 7.99. The van der Waals surface area contributed by atoms with Crippen molar-refractivity contribution < 1.29 is 5.11 Å². The molecular weight excluding hydrogens is 306 g/mol. The van der Waals surface area contributed by atoms with Crippen LogP contribution < -0.4 is 0 Å². The van der Waals surface area contributed by atoms with Gasteiger partial charge in [-0.3, -0.25) is 4.57 Å². The fraction of sp³-hybridized carbons (Fsp3) is 0.467. The molecular formula is C15H18ClN3OS. The Morgan fingerprint density at radius 2 is 2.00 bits per heavy atom. The maximum Gasteiger partial charge on any atom is 0.191 e. The lowest BCUT2D eigenvalue weighted by atomic mass is 10.2. The van der Waals surface area contributed by atoms with Crippen molar-refractivity contribution in [1.82, 2.24) is 14.8 Å². The van der Waals surface area contributed by atoms with Gasteiger partial charge in [0.25, 0.3) is 0 Å². The van der Waals surface area contributed by atoms with Crippen molar-refractivity contribution in [2.24, 2.45) is 0 Å². The molecule has 1 N–H and O–H groups in total. The van der Waals surface area contributed by atoms with E-state index in [0.717, 1.165) is 29.4 Å². The van der Waals surface area contributed by atoms with E-state index < -0.39 is 0 Å². The van der Waals surface area contributed by atoms with Crippen molar-refractivity contribution in [2.75, 3.05) is 12.4 Å². The van der Waals surface area contributed by atoms with Gasteiger partial charge in [0.1, 0.15) is 0 Å². The Kier molecular flexibility index (Phi) is 4.83. The summed E-state index contributed by atoms with van der Waals surface area (Å²) in [6, 6.07) is 8.19. The summed E-state index contributed by atoms with van der Waals surface area (Å²) >= 11 is 7.87. The van der Waals surface area contributed by atoms with E-state index in [1.165, 1.54) is 12.8 Å². The van der Waals surface area contributed by atoms with Gasteiger partial charge < -0.3 is 5.11 Å². The molecule has 1 heterocycles. The normalized spacial score (nSPS) is 15.7. The van der Waals surface area contributed by atoms with Gasteiger partial charge in [-0.1, -0.05) is 48.3 Å². The van der Waals surface area contributed by atoms with E-state index in [1.807, 2.05) is 24.3 Å². The molecule has 0 amide bonds. The number of aliphatic hydroxyl groups excluding tert-OH is 1. The highest BCUT2D eigenvalue weighted by Crippen LogP contribution is 2.37. The number of hydrogen-bond donors (Lipinski definition) is 1. The quantitative estimate of drug-likeness (QED) is 0.850. The predicted molar refractivity (Wildman–Crippen MR) is 85.8 cm³/mol. The van der Waals surface area contributed by atoms with E-state index in [-0.39, 0.29) is 6.61 Å². The molecule has 1 aliphatic rings. The number of thioether (sulfide) groups is 1. The Hall–Kier alpha value is -1.04. The molecule has 4 nitrogen and oxygen atoms in total. The molecule has 0 saturated heterocycles. The molecule has 1 aromatic heterocycles. The van der Waals surface area contributed by atoms with Gasteiger partial charge in [0.2, 0.25) is 0 Å². The van der Waals surface area contributed by atoms with Crippen molar-refractivity contribution in [1.29, 1.82) is 0 Å². The molecule has 3 rings (SSSR count). The molecule has 0 radical (unpaired) electrons. The lowest BCUT2D eigenvalue weighted by Gasteiger charge is -2.17. The highest BCUT2D eigenvalue weighted by Gasteiger charge is 2.25. The Bertz CT molecular complexity index is 611. The first-order chi connectivity index (χ1) is 10.3. The highest BCUT2D eigenvalue weighted by atomic mass is 35.5. The predicted octanol–water partition coefficient (Wildman–Crippen LogP) is 3.80. The first-order valence-electron chi connectivity index (χ1n) is 7.24. The van der Waals surface area contributed by atoms with Gasteiger partial charge in [-0.15, -0.1) is 10.2 Å². The van der Waals surface area contributed by atoms with Gasteiger partial charge in [0.15, 0.2) is 11.0 Å². The molecule has 21 heavy (non-hydrogen) atoms. The Morgan fingerprint density at radius 3 is 2.71 bits per heavy atom. The zero-order valence-corrected chi connectivity index (χ0v) is 13.3. The minimum absolute atomic E-state index is 0.142. The largest absolute Gasteiger partial charge is 0.396 e. The molecule has 112 valence electrons. The Balaban J connectivity index is 2.03. The number of rotatable bonds is 5. The third-order valence-electron chi connectivity index (χ3n) is 3.79. The summed E-state index contributed by atoms with van der Waals surface area (Å²) in [5.74, 6) is 1.47. The summed E-state index contributed by atoms with van der Waals surface area (Å²) in [5.41, 5.74) is 0.925. The van der Waals surface area contributed by atoms with Gasteiger partial charge in [-0.25, -0.2) is 0 Å². The first kappa shape index (κ1) is 14.9. The monoisotopic (exact) mass is 323 g/mol. The fourth-order valence-electron chi connectivity index (χ4n) is 2.83. The van der Waals surface area contributed by atoms with Crippen LogP contribution in [0.4, 0.5) is 0 Å². The third-order valence-corrected chi connectivity index (χ3v) is 5.04. The van der Waals surface area contributed by atoms with Gasteiger partial charge in [0, 0.05) is 17.4 Å². The molecule has 1 saturated carbocycles. The van der Waals surface area contributed by atoms with Crippen LogP contribution in [0.5, 0.6) is 0 Å². The Morgan fingerprint density at radius 1 is 1.24 bits per heavy atom. The van der Waals surface area contributed by atoms with Crippen LogP contribution in [0.15, 0.2) is 29.4 Å². The molecule has 1 aliphatic carbocycles. The maximum absolute atomic E-state index is 9.05. The maximum atomic E-state index is 9.05. The van der Waals surface area contributed by atoms with Crippen LogP contribution >= 0.6 is 23.4 Å². The van der Waals surface area contributed by atoms with Crippen molar-refractivity contribution in [3.63, 3.8) is 0 Å². The van der Waals surface area contributed by atoms with Crippen molar-refractivity contribution >= 4 is 23.4 Å². The zero-order chi connectivity index (χ0) is 14.7. The minimum Gasteiger partial charge on any atom is -0.396 e. The summed E-state index contributed by atoms with van der Waals surface area (Å²) in [6.45, 7) is 0.142. The molecule has 0 spiro atoms. The van der Waals surface area contributed by atoms with E-state index in [0.29, 0.717) is 16.8 Å². The second kappa shape index (κ2) is 6.81. The second-order valence-corrected chi connectivity index (χ2v) is 6.64. The molecule has 6 heteroatoms. The van der Waals surface area contributed by atoms with Gasteiger partial charge in [-0.05, 0) is 25.0 Å². The first-order valence-corrected chi connectivity index (χ1v) is 8.61. The van der Waals surface area contributed by atoms with E-state index >= 15 is 0 Å². The van der Waals surface area contributed by atoms with Crippen molar-refractivity contribution in [3.05, 3.63) is 29.3 Å². The summed E-state index contributed by atoms with van der Waals surface area (Å²) in [7, 11) is 0. The molecule has 0 aliphatic heterocycles. The van der Waals surface area contributed by atoms with Crippen LogP contribution in [-0.2, 0) is 0 Å². The van der Waals surface area contributed by atoms with Crippen LogP contribution in [0.25, 0.3) is 11.4 Å². The second-order valence-electron chi connectivity index (χ2n) is 5.17. The summed E-state index contributed by atoms with van der Waals surface area (Å²) in [5, 5.41) is 19.3. The average Bonchev–Trinajstić information content (AvgIpc) is 3.14. The lowest BCUT2D eigenvalue weighted by molar-refractivity contribution is 0.322. The van der Waals surface area contributed by atoms with E-state index in [2.05, 4.69) is 14.8 Å². The SMILES string of the molecule is OCCSc1nnc(-c2ccccc2Cl)n1C1CCCC1. The van der Waals surface area contributed by atoms with Gasteiger partial charge in [-0.2, -0.15) is 0 Å². The van der Waals surface area contributed by atoms with Gasteiger partial charge >= 0.3 is 0 Å². The van der Waals surface area contributed by atoms with Crippen LogP contribution in [0.2, 0.25) is 5.02 Å². The molecule has 2 aromatic rings. The summed E-state index contributed by atoms with van der Waals surface area (Å²) < 4.78 is 2.22. The van der Waals surface area contributed by atoms with Crippen LogP contribution in [0.1, 0.15) is 31.7 Å². The molecule has 0 atom stereocenters. The smallest absolute Gasteiger partial charge is 0.191 e. The zero-order valence-electron chi connectivity index (χ0n) is 11.7. The number of aromatic nitrogens is 3. The number of aliphatic hydroxyl groups is 1. The van der Waals surface area contributed by atoms with E-state index in [4.69, 9.17) is 16.7 Å². The molecule has 1 fully saturated rings. The molecule has 0 bridgehead atoms. The van der Waals surface area contributed by atoms with E-state index in [9.17, 15) is 0 Å². The van der Waals surface area contributed by atoms with E-state index in [1.54, 1.807) is 11.8 Å². The van der Waals surface area contributed by atoms with Gasteiger partial charge in [0.05, 0.1) is 11.6 Å². The van der Waals surface area contributed by atoms with Crippen LogP contribution in [0, 0.1) is 0 Å². The molecule has 0 unspecified atom stereocenters. The van der Waals surface area contributed by atoms with Crippen molar-refractivity contribution in [2.45, 2.75) is 36.9 Å². The minimum atomic E-state index is 0.142. The lowest BCUT2D eigenvalue weighted by Crippen LogP contribution is -2.09. The average molecular weight is 324 g/mol.